The number of rotatable bonds is 5. The Kier molecular flexibility index (Phi) is 7.06. The van der Waals surface area contributed by atoms with E-state index in [1.807, 2.05) is 0 Å². The summed E-state index contributed by atoms with van der Waals surface area (Å²) in [5.74, 6) is -2.56. The van der Waals surface area contributed by atoms with Crippen LogP contribution >= 0.6 is 11.6 Å². The summed E-state index contributed by atoms with van der Waals surface area (Å²) >= 11 is 5.96. The van der Waals surface area contributed by atoms with Gasteiger partial charge in [0.15, 0.2) is 0 Å². The van der Waals surface area contributed by atoms with Crippen molar-refractivity contribution in [3.8, 4) is 5.75 Å². The minimum Gasteiger partial charge on any atom is -0.506 e. The summed E-state index contributed by atoms with van der Waals surface area (Å²) in [5.41, 5.74) is -3.49. The maximum absolute atomic E-state index is 13.2. The van der Waals surface area contributed by atoms with E-state index >= 15 is 0 Å². The van der Waals surface area contributed by atoms with E-state index in [2.05, 4.69) is 15.3 Å². The molecule has 3 aromatic rings. The molecular formula is C22H20ClF3N4O5. The van der Waals surface area contributed by atoms with E-state index in [4.69, 9.17) is 16.3 Å². The maximum Gasteiger partial charge on any atom is 0.433 e. The minimum absolute atomic E-state index is 0.0561. The molecule has 0 aliphatic heterocycles. The predicted octanol–water partition coefficient (Wildman–Crippen LogP) is 3.29. The maximum atomic E-state index is 13.2. The van der Waals surface area contributed by atoms with Gasteiger partial charge in [-0.25, -0.2) is 4.98 Å². The summed E-state index contributed by atoms with van der Waals surface area (Å²) < 4.78 is 44.5. The summed E-state index contributed by atoms with van der Waals surface area (Å²) in [4.78, 5) is 45.3. The Bertz CT molecular complexity index is 1350. The summed E-state index contributed by atoms with van der Waals surface area (Å²) in [7, 11) is 0. The van der Waals surface area contributed by atoms with Crippen molar-refractivity contribution in [1.29, 1.82) is 0 Å². The molecule has 0 saturated carbocycles. The molecule has 0 radical (unpaired) electrons. The van der Waals surface area contributed by atoms with Crippen molar-refractivity contribution in [3.05, 3.63) is 62.8 Å². The lowest BCUT2D eigenvalue weighted by Crippen LogP contribution is -2.38. The number of nitrogens with one attached hydrogen (secondary N) is 1. The van der Waals surface area contributed by atoms with Gasteiger partial charge in [-0.05, 0) is 38.5 Å². The van der Waals surface area contributed by atoms with Crippen molar-refractivity contribution < 1.29 is 32.6 Å². The number of ether oxygens (including phenoxy) is 1. The Morgan fingerprint density at radius 2 is 1.86 bits per heavy atom. The van der Waals surface area contributed by atoms with Crippen LogP contribution in [0.1, 0.15) is 42.4 Å². The van der Waals surface area contributed by atoms with E-state index < -0.39 is 52.8 Å². The fourth-order valence-corrected chi connectivity index (χ4v) is 3.28. The number of carbonyl (C=O) groups is 2. The molecule has 3 aromatic heterocycles. The van der Waals surface area contributed by atoms with Crippen LogP contribution in [0.3, 0.4) is 0 Å². The normalized spacial score (nSPS) is 12.0. The number of alkyl halides is 3. The predicted molar refractivity (Wildman–Crippen MR) is 119 cm³/mol. The molecule has 3 heterocycles. The van der Waals surface area contributed by atoms with Crippen molar-refractivity contribution in [2.75, 3.05) is 6.54 Å². The van der Waals surface area contributed by atoms with Gasteiger partial charge in [-0.2, -0.15) is 13.2 Å². The lowest BCUT2D eigenvalue weighted by atomic mass is 10.1. The van der Waals surface area contributed by atoms with E-state index in [1.165, 1.54) is 12.3 Å². The third-order valence-electron chi connectivity index (χ3n) is 4.54. The van der Waals surface area contributed by atoms with Crippen molar-refractivity contribution >= 4 is 34.5 Å². The van der Waals surface area contributed by atoms with Crippen LogP contribution in [-0.2, 0) is 22.3 Å². The topological polar surface area (TPSA) is 123 Å². The van der Waals surface area contributed by atoms with Gasteiger partial charge in [-0.15, -0.1) is 0 Å². The Hall–Kier alpha value is -3.67. The molecule has 0 atom stereocenters. The van der Waals surface area contributed by atoms with Crippen molar-refractivity contribution in [1.82, 2.24) is 19.9 Å². The van der Waals surface area contributed by atoms with Crippen LogP contribution in [-0.4, -0.2) is 43.7 Å². The van der Waals surface area contributed by atoms with Crippen LogP contribution in [0.25, 0.3) is 11.0 Å². The monoisotopic (exact) mass is 512 g/mol. The second-order valence-electron chi connectivity index (χ2n) is 8.46. The molecule has 0 saturated heterocycles. The Morgan fingerprint density at radius 3 is 2.43 bits per heavy atom. The molecule has 13 heteroatoms. The molecule has 2 N–H and O–H groups in total. The van der Waals surface area contributed by atoms with Gasteiger partial charge in [0.2, 0.25) is 0 Å². The van der Waals surface area contributed by atoms with E-state index in [9.17, 15) is 32.7 Å². The summed E-state index contributed by atoms with van der Waals surface area (Å²) in [6.07, 6.45) is -2.50. The zero-order valence-electron chi connectivity index (χ0n) is 18.7. The third kappa shape index (κ3) is 6.07. The molecule has 0 aromatic carbocycles. The molecule has 3 rings (SSSR count). The van der Waals surface area contributed by atoms with Crippen LogP contribution in [0, 0.1) is 0 Å². The molecule has 9 nitrogen and oxygen atoms in total. The summed E-state index contributed by atoms with van der Waals surface area (Å²) in [6.45, 7) is 4.00. The molecule has 0 bridgehead atoms. The average molecular weight is 513 g/mol. The van der Waals surface area contributed by atoms with Gasteiger partial charge in [0.1, 0.15) is 34.8 Å². The molecule has 186 valence electrons. The third-order valence-corrected chi connectivity index (χ3v) is 4.74. The lowest BCUT2D eigenvalue weighted by molar-refractivity contribution is -0.153. The zero-order chi connectivity index (χ0) is 26.1. The van der Waals surface area contributed by atoms with Crippen LogP contribution in [0.4, 0.5) is 13.2 Å². The van der Waals surface area contributed by atoms with Crippen LogP contribution < -0.4 is 10.9 Å². The van der Waals surface area contributed by atoms with E-state index in [1.54, 1.807) is 20.8 Å². The number of fused-ring (bicyclic) bond motifs is 1. The number of esters is 1. The number of aromatic hydroxyl groups is 1. The average Bonchev–Trinajstić information content (AvgIpc) is 2.74. The molecule has 0 fully saturated rings. The van der Waals surface area contributed by atoms with E-state index in [0.717, 1.165) is 22.9 Å². The molecule has 0 aliphatic carbocycles. The number of hydrogen-bond acceptors (Lipinski definition) is 7. The standard InChI is InChI=1S/C22H20ClF3N4O5/c1-21(2,3)35-15(31)9-29-19(33)16-17(32)13-6-12(23)8-28-18(13)30(20(16)34)10-11-4-5-14(27-7-11)22(24,25)26/h4-8,32H,9-10H2,1-3H3,(H,29,33). The van der Waals surface area contributed by atoms with E-state index in [0.29, 0.717) is 0 Å². The Labute approximate surface area is 201 Å². The first-order valence-electron chi connectivity index (χ1n) is 10.1. The largest absolute Gasteiger partial charge is 0.506 e. The number of pyridine rings is 3. The van der Waals surface area contributed by atoms with Gasteiger partial charge < -0.3 is 15.2 Å². The molecule has 0 spiro atoms. The second kappa shape index (κ2) is 9.53. The molecule has 0 unspecified atom stereocenters. The van der Waals surface area contributed by atoms with Crippen LogP contribution in [0.15, 0.2) is 35.4 Å². The fourth-order valence-electron chi connectivity index (χ4n) is 3.13. The first-order valence-corrected chi connectivity index (χ1v) is 10.5. The summed E-state index contributed by atoms with van der Waals surface area (Å²) in [5, 5.41) is 12.9. The smallest absolute Gasteiger partial charge is 0.433 e. The van der Waals surface area contributed by atoms with Gasteiger partial charge in [-0.3, -0.25) is 23.9 Å². The molecule has 35 heavy (non-hydrogen) atoms. The highest BCUT2D eigenvalue weighted by molar-refractivity contribution is 6.31. The SMILES string of the molecule is CC(C)(C)OC(=O)CNC(=O)c1c(O)c2cc(Cl)cnc2n(Cc2ccc(C(F)(F)F)nc2)c1=O. The quantitative estimate of drug-likeness (QED) is 0.503. The van der Waals surface area contributed by atoms with Crippen molar-refractivity contribution in [2.45, 2.75) is 39.1 Å². The first kappa shape index (κ1) is 25.9. The molecule has 1 amide bonds. The number of nitrogens with zero attached hydrogens (tertiary/aromatic N) is 3. The number of amides is 1. The Balaban J connectivity index is 2.03. The highest BCUT2D eigenvalue weighted by Gasteiger charge is 2.32. The van der Waals surface area contributed by atoms with Crippen LogP contribution in [0.2, 0.25) is 5.02 Å². The van der Waals surface area contributed by atoms with Crippen molar-refractivity contribution in [2.24, 2.45) is 0 Å². The van der Waals surface area contributed by atoms with Crippen LogP contribution in [0.5, 0.6) is 5.75 Å². The number of hydrogen-bond donors (Lipinski definition) is 2. The fraction of sp³-hybridized carbons (Fsp3) is 0.318. The Morgan fingerprint density at radius 1 is 1.17 bits per heavy atom. The number of aromatic nitrogens is 3. The highest BCUT2D eigenvalue weighted by Crippen LogP contribution is 2.29. The minimum atomic E-state index is -4.64. The lowest BCUT2D eigenvalue weighted by Gasteiger charge is -2.19. The summed E-state index contributed by atoms with van der Waals surface area (Å²) in [6, 6.07) is 3.14. The van der Waals surface area contributed by atoms with Gasteiger partial charge in [-0.1, -0.05) is 17.7 Å². The molecular weight excluding hydrogens is 493 g/mol. The van der Waals surface area contributed by atoms with E-state index in [-0.39, 0.29) is 28.2 Å². The van der Waals surface area contributed by atoms with Gasteiger partial charge >= 0.3 is 12.1 Å². The van der Waals surface area contributed by atoms with Gasteiger partial charge in [0.25, 0.3) is 11.5 Å². The highest BCUT2D eigenvalue weighted by atomic mass is 35.5. The van der Waals surface area contributed by atoms with Crippen molar-refractivity contribution in [3.63, 3.8) is 0 Å². The number of halogens is 4. The molecule has 0 aliphatic rings. The zero-order valence-corrected chi connectivity index (χ0v) is 19.5. The second-order valence-corrected chi connectivity index (χ2v) is 8.89. The van der Waals surface area contributed by atoms with Gasteiger partial charge in [0.05, 0.1) is 17.0 Å². The first-order chi connectivity index (χ1) is 16.2. The van der Waals surface area contributed by atoms with Gasteiger partial charge in [0, 0.05) is 12.4 Å². The number of carbonyl (C=O) groups excluding carboxylic acids is 2.